The van der Waals surface area contributed by atoms with Crippen molar-refractivity contribution in [1.29, 1.82) is 0 Å². The number of nitrogens with one attached hydrogen (secondary N) is 1. The number of thiazole rings is 1. The number of anilines is 2. The zero-order valence-electron chi connectivity index (χ0n) is 12.5. The second-order valence-corrected chi connectivity index (χ2v) is 6.46. The predicted molar refractivity (Wildman–Crippen MR) is 94.1 cm³/mol. The number of ether oxygens (including phenoxy) is 1. The van der Waals surface area contributed by atoms with Crippen molar-refractivity contribution >= 4 is 40.1 Å². The number of nitrogens with two attached hydrogens (primary N) is 1. The molecule has 2 aromatic rings. The highest BCUT2D eigenvalue weighted by Crippen LogP contribution is 2.22. The standard InChI is InChI=1S/C15H19ClN4OS/c1-10(2)5-6-21-13-4-3-12(16)7-11(13)8-18-20-15-19-14(17)9-22-15/h3-4,7-10H,5-6,17H2,1-2H3,(H,19,20). The van der Waals surface area contributed by atoms with Gasteiger partial charge in [-0.3, -0.25) is 5.43 Å². The largest absolute Gasteiger partial charge is 0.493 e. The average molecular weight is 339 g/mol. The maximum atomic E-state index is 6.04. The van der Waals surface area contributed by atoms with Gasteiger partial charge in [-0.2, -0.15) is 5.10 Å². The molecule has 0 fully saturated rings. The Morgan fingerprint density at radius 3 is 3.00 bits per heavy atom. The molecule has 118 valence electrons. The Bertz CT molecular complexity index is 642. The van der Waals surface area contributed by atoms with E-state index < -0.39 is 0 Å². The van der Waals surface area contributed by atoms with Gasteiger partial charge >= 0.3 is 0 Å². The minimum Gasteiger partial charge on any atom is -0.493 e. The summed E-state index contributed by atoms with van der Waals surface area (Å²) >= 11 is 7.43. The van der Waals surface area contributed by atoms with Gasteiger partial charge in [0.2, 0.25) is 5.13 Å². The zero-order chi connectivity index (χ0) is 15.9. The molecule has 0 aliphatic heterocycles. The van der Waals surface area contributed by atoms with Crippen LogP contribution in [0, 0.1) is 5.92 Å². The van der Waals surface area contributed by atoms with Gasteiger partial charge in [-0.05, 0) is 30.5 Å². The number of hydrazone groups is 1. The maximum absolute atomic E-state index is 6.04. The molecule has 1 aromatic heterocycles. The Hall–Kier alpha value is -1.79. The normalized spacial score (nSPS) is 11.3. The van der Waals surface area contributed by atoms with Crippen LogP contribution in [0.3, 0.4) is 0 Å². The fourth-order valence-electron chi connectivity index (χ4n) is 1.65. The molecule has 0 aliphatic rings. The van der Waals surface area contributed by atoms with Gasteiger partial charge in [-0.25, -0.2) is 4.98 Å². The summed E-state index contributed by atoms with van der Waals surface area (Å²) in [6, 6.07) is 5.47. The maximum Gasteiger partial charge on any atom is 0.205 e. The molecule has 7 heteroatoms. The van der Waals surface area contributed by atoms with E-state index in [0.717, 1.165) is 17.7 Å². The van der Waals surface area contributed by atoms with Crippen LogP contribution in [0.5, 0.6) is 5.75 Å². The minimum absolute atomic E-state index is 0.475. The first-order chi connectivity index (χ1) is 10.5. The first kappa shape index (κ1) is 16.6. The molecule has 0 radical (unpaired) electrons. The Kier molecular flexibility index (Phi) is 6.03. The second kappa shape index (κ2) is 8.00. The van der Waals surface area contributed by atoms with E-state index in [1.165, 1.54) is 11.3 Å². The van der Waals surface area contributed by atoms with E-state index in [-0.39, 0.29) is 0 Å². The number of nitrogens with zero attached hydrogens (tertiary/aromatic N) is 2. The second-order valence-electron chi connectivity index (χ2n) is 5.16. The van der Waals surface area contributed by atoms with Crippen LogP contribution in [-0.4, -0.2) is 17.8 Å². The van der Waals surface area contributed by atoms with Gasteiger partial charge in [0.25, 0.3) is 0 Å². The summed E-state index contributed by atoms with van der Waals surface area (Å²) in [5, 5.41) is 7.17. The lowest BCUT2D eigenvalue weighted by Gasteiger charge is -2.10. The van der Waals surface area contributed by atoms with Crippen molar-refractivity contribution in [2.24, 2.45) is 11.0 Å². The molecule has 0 bridgehead atoms. The molecule has 1 aromatic carbocycles. The molecule has 5 nitrogen and oxygen atoms in total. The number of nitrogen functional groups attached to an aromatic ring is 1. The van der Waals surface area contributed by atoms with E-state index in [1.807, 2.05) is 12.1 Å². The number of aromatic nitrogens is 1. The van der Waals surface area contributed by atoms with Gasteiger partial charge in [0, 0.05) is 16.0 Å². The van der Waals surface area contributed by atoms with Gasteiger partial charge in [-0.15, -0.1) is 11.3 Å². The third-order valence-corrected chi connectivity index (χ3v) is 3.81. The summed E-state index contributed by atoms with van der Waals surface area (Å²) in [5.41, 5.74) is 9.20. The molecule has 0 spiro atoms. The predicted octanol–water partition coefficient (Wildman–Crippen LogP) is 4.25. The highest BCUT2D eigenvalue weighted by atomic mass is 35.5. The van der Waals surface area contributed by atoms with Crippen molar-refractivity contribution in [3.05, 3.63) is 34.2 Å². The molecular weight excluding hydrogens is 320 g/mol. The summed E-state index contributed by atoms with van der Waals surface area (Å²) in [6.07, 6.45) is 2.66. The molecule has 0 atom stereocenters. The minimum atomic E-state index is 0.475. The SMILES string of the molecule is CC(C)CCOc1ccc(Cl)cc1C=NNc1nc(N)cs1. The van der Waals surface area contributed by atoms with Gasteiger partial charge in [0.05, 0.1) is 12.8 Å². The number of benzene rings is 1. The average Bonchev–Trinajstić information content (AvgIpc) is 2.86. The van der Waals surface area contributed by atoms with Crippen LogP contribution >= 0.6 is 22.9 Å². The lowest BCUT2D eigenvalue weighted by atomic mass is 10.1. The molecule has 1 heterocycles. The van der Waals surface area contributed by atoms with Crippen molar-refractivity contribution < 1.29 is 4.74 Å². The molecule has 2 rings (SSSR count). The van der Waals surface area contributed by atoms with Crippen LogP contribution in [0.4, 0.5) is 10.9 Å². The number of rotatable bonds is 7. The van der Waals surface area contributed by atoms with Gasteiger partial charge in [-0.1, -0.05) is 25.4 Å². The van der Waals surface area contributed by atoms with Crippen LogP contribution in [0.15, 0.2) is 28.7 Å². The van der Waals surface area contributed by atoms with Gasteiger partial charge in [0.15, 0.2) is 0 Å². The van der Waals surface area contributed by atoms with E-state index in [9.17, 15) is 0 Å². The molecule has 22 heavy (non-hydrogen) atoms. The van der Waals surface area contributed by atoms with Crippen molar-refractivity contribution in [1.82, 2.24) is 4.98 Å². The van der Waals surface area contributed by atoms with Crippen LogP contribution in [0.25, 0.3) is 0 Å². The first-order valence-corrected chi connectivity index (χ1v) is 8.23. The highest BCUT2D eigenvalue weighted by Gasteiger charge is 2.04. The lowest BCUT2D eigenvalue weighted by molar-refractivity contribution is 0.289. The van der Waals surface area contributed by atoms with Crippen LogP contribution in [0.1, 0.15) is 25.8 Å². The van der Waals surface area contributed by atoms with Gasteiger partial charge in [0.1, 0.15) is 11.6 Å². The van der Waals surface area contributed by atoms with E-state index in [1.54, 1.807) is 17.7 Å². The third kappa shape index (κ3) is 5.20. The monoisotopic (exact) mass is 338 g/mol. The van der Waals surface area contributed by atoms with E-state index in [2.05, 4.69) is 29.4 Å². The third-order valence-electron chi connectivity index (χ3n) is 2.81. The zero-order valence-corrected chi connectivity index (χ0v) is 14.1. The fourth-order valence-corrected chi connectivity index (χ4v) is 2.38. The van der Waals surface area contributed by atoms with E-state index in [0.29, 0.717) is 28.5 Å². The molecule has 0 saturated heterocycles. The summed E-state index contributed by atoms with van der Waals surface area (Å²) < 4.78 is 5.80. The van der Waals surface area contributed by atoms with Crippen molar-refractivity contribution in [3.63, 3.8) is 0 Å². The Balaban J connectivity index is 2.02. The van der Waals surface area contributed by atoms with Crippen molar-refractivity contribution in [3.8, 4) is 5.75 Å². The number of hydrogen-bond donors (Lipinski definition) is 2. The number of hydrogen-bond acceptors (Lipinski definition) is 6. The lowest BCUT2D eigenvalue weighted by Crippen LogP contribution is -2.03. The summed E-state index contributed by atoms with van der Waals surface area (Å²) in [5.74, 6) is 1.83. The highest BCUT2D eigenvalue weighted by molar-refractivity contribution is 7.14. The topological polar surface area (TPSA) is 72.5 Å². The quantitative estimate of drug-likeness (QED) is 0.584. The Labute approximate surface area is 139 Å². The van der Waals surface area contributed by atoms with Crippen molar-refractivity contribution in [2.45, 2.75) is 20.3 Å². The Morgan fingerprint density at radius 1 is 1.50 bits per heavy atom. The van der Waals surface area contributed by atoms with Crippen LogP contribution < -0.4 is 15.9 Å². The van der Waals surface area contributed by atoms with E-state index >= 15 is 0 Å². The molecule has 0 amide bonds. The summed E-state index contributed by atoms with van der Waals surface area (Å²) in [6.45, 7) is 4.99. The Morgan fingerprint density at radius 2 is 2.32 bits per heavy atom. The summed E-state index contributed by atoms with van der Waals surface area (Å²) in [7, 11) is 0. The van der Waals surface area contributed by atoms with Crippen LogP contribution in [-0.2, 0) is 0 Å². The number of halogens is 1. The first-order valence-electron chi connectivity index (χ1n) is 6.97. The van der Waals surface area contributed by atoms with Crippen LogP contribution in [0.2, 0.25) is 5.02 Å². The molecular formula is C15H19ClN4OS. The molecule has 0 saturated carbocycles. The van der Waals surface area contributed by atoms with Crippen molar-refractivity contribution in [2.75, 3.05) is 17.8 Å². The van der Waals surface area contributed by atoms with Gasteiger partial charge < -0.3 is 10.5 Å². The fraction of sp³-hybridized carbons (Fsp3) is 0.333. The molecule has 3 N–H and O–H groups in total. The molecule has 0 aliphatic carbocycles. The molecule has 0 unspecified atom stereocenters. The summed E-state index contributed by atoms with van der Waals surface area (Å²) in [4.78, 5) is 4.06. The smallest absolute Gasteiger partial charge is 0.205 e. The van der Waals surface area contributed by atoms with E-state index in [4.69, 9.17) is 22.1 Å².